The third kappa shape index (κ3) is 1.56. The molecule has 0 saturated heterocycles. The monoisotopic (exact) mass is 220 g/mol. The van der Waals surface area contributed by atoms with Gasteiger partial charge in [-0.2, -0.15) is 5.10 Å². The second kappa shape index (κ2) is 3.68. The van der Waals surface area contributed by atoms with Crippen LogP contribution in [0, 0.1) is 12.8 Å². The van der Waals surface area contributed by atoms with Gasteiger partial charge in [0.15, 0.2) is 0 Å². The van der Waals surface area contributed by atoms with Gasteiger partial charge in [0.25, 0.3) is 0 Å². The first kappa shape index (κ1) is 10.00. The van der Waals surface area contributed by atoms with Crippen molar-refractivity contribution in [3.8, 4) is 0 Å². The maximum absolute atomic E-state index is 4.56. The van der Waals surface area contributed by atoms with Crippen molar-refractivity contribution in [1.29, 1.82) is 0 Å². The van der Waals surface area contributed by atoms with E-state index in [0.29, 0.717) is 6.04 Å². The Labute approximate surface area is 96.4 Å². The fourth-order valence-corrected chi connectivity index (χ4v) is 2.62. The van der Waals surface area contributed by atoms with Crippen LogP contribution in [0.25, 0.3) is 0 Å². The second-order valence-corrected chi connectivity index (χ2v) is 4.93. The predicted octanol–water partition coefficient (Wildman–Crippen LogP) is 2.22. The van der Waals surface area contributed by atoms with Crippen LogP contribution in [-0.4, -0.2) is 22.4 Å². The normalized spacial score (nSPS) is 24.2. The van der Waals surface area contributed by atoms with Crippen molar-refractivity contribution < 1.29 is 0 Å². The fourth-order valence-electron chi connectivity index (χ4n) is 2.62. The Morgan fingerprint density at radius 2 is 2.19 bits per heavy atom. The zero-order valence-electron chi connectivity index (χ0n) is 10.1. The number of hydrogen-bond acceptors (Lipinski definition) is 3. The van der Waals surface area contributed by atoms with E-state index in [2.05, 4.69) is 34.3 Å². The van der Waals surface area contributed by atoms with Gasteiger partial charge in [-0.15, -0.1) is 0 Å². The second-order valence-electron chi connectivity index (χ2n) is 4.93. The van der Waals surface area contributed by atoms with Gasteiger partial charge in [-0.3, -0.25) is 0 Å². The van der Waals surface area contributed by atoms with Crippen LogP contribution in [0.4, 0.5) is 11.5 Å². The summed E-state index contributed by atoms with van der Waals surface area (Å²) >= 11 is 0. The van der Waals surface area contributed by atoms with Gasteiger partial charge in [-0.25, -0.2) is 4.68 Å². The molecule has 4 nitrogen and oxygen atoms in total. The van der Waals surface area contributed by atoms with E-state index >= 15 is 0 Å². The molecule has 88 valence electrons. The Balaban J connectivity index is 1.93. The lowest BCUT2D eigenvalue weighted by molar-refractivity contribution is 0.587. The maximum atomic E-state index is 4.56. The number of anilines is 2. The van der Waals surface area contributed by atoms with E-state index in [-0.39, 0.29) is 0 Å². The van der Waals surface area contributed by atoms with Gasteiger partial charge in [0, 0.05) is 19.1 Å². The van der Waals surface area contributed by atoms with Crippen molar-refractivity contribution >= 4 is 11.5 Å². The van der Waals surface area contributed by atoms with Crippen LogP contribution in [0.3, 0.4) is 0 Å². The lowest BCUT2D eigenvalue weighted by atomic mass is 10.1. The number of nitrogens with one attached hydrogen (secondary N) is 2. The zero-order chi connectivity index (χ0) is 11.1. The van der Waals surface area contributed by atoms with Gasteiger partial charge in [-0.1, -0.05) is 0 Å². The van der Waals surface area contributed by atoms with Crippen molar-refractivity contribution in [2.45, 2.75) is 45.7 Å². The molecule has 1 aliphatic carbocycles. The minimum absolute atomic E-state index is 0.648. The highest BCUT2D eigenvalue weighted by Gasteiger charge is 2.33. The smallest absolute Gasteiger partial charge is 0.148 e. The van der Waals surface area contributed by atoms with Gasteiger partial charge >= 0.3 is 0 Å². The van der Waals surface area contributed by atoms with E-state index in [9.17, 15) is 0 Å². The van der Waals surface area contributed by atoms with E-state index in [4.69, 9.17) is 0 Å². The van der Waals surface area contributed by atoms with Crippen molar-refractivity contribution in [3.05, 3.63) is 5.69 Å². The van der Waals surface area contributed by atoms with Crippen LogP contribution >= 0.6 is 0 Å². The van der Waals surface area contributed by atoms with Crippen molar-refractivity contribution in [2.75, 3.05) is 17.2 Å². The number of nitrogens with zero attached hydrogens (tertiary/aromatic N) is 2. The van der Waals surface area contributed by atoms with Crippen LogP contribution in [0.1, 0.15) is 31.9 Å². The number of rotatable bonds is 2. The number of fused-ring (bicyclic) bond motifs is 1. The molecule has 2 heterocycles. The first-order valence-electron chi connectivity index (χ1n) is 6.37. The summed E-state index contributed by atoms with van der Waals surface area (Å²) in [5, 5.41) is 11.8. The summed E-state index contributed by atoms with van der Waals surface area (Å²) in [6.45, 7) is 6.22. The Bertz CT molecular complexity index is 392. The van der Waals surface area contributed by atoms with E-state index < -0.39 is 0 Å². The SMILES string of the molecule is CCn1nc(C)c2c1NC(C1CC1)CCN2. The molecule has 2 N–H and O–H groups in total. The molecule has 1 saturated carbocycles. The fraction of sp³-hybridized carbons (Fsp3) is 0.750. The molecule has 0 amide bonds. The van der Waals surface area contributed by atoms with E-state index in [1.165, 1.54) is 30.8 Å². The molecule has 2 aliphatic rings. The van der Waals surface area contributed by atoms with Gasteiger partial charge in [-0.05, 0) is 39.0 Å². The molecule has 0 aromatic carbocycles. The molecule has 1 aliphatic heterocycles. The van der Waals surface area contributed by atoms with E-state index in [1.54, 1.807) is 0 Å². The summed E-state index contributed by atoms with van der Waals surface area (Å²) in [4.78, 5) is 0. The predicted molar refractivity (Wildman–Crippen MR) is 65.9 cm³/mol. The minimum Gasteiger partial charge on any atom is -0.380 e. The molecule has 1 atom stereocenters. The average Bonchev–Trinajstić information content (AvgIpc) is 3.08. The van der Waals surface area contributed by atoms with Gasteiger partial charge < -0.3 is 10.6 Å². The van der Waals surface area contributed by atoms with Crippen LogP contribution in [0.15, 0.2) is 0 Å². The summed E-state index contributed by atoms with van der Waals surface area (Å²) < 4.78 is 2.08. The van der Waals surface area contributed by atoms with Crippen LogP contribution in [0.5, 0.6) is 0 Å². The Kier molecular flexibility index (Phi) is 2.30. The molecule has 0 spiro atoms. The standard InChI is InChI=1S/C12H20N4/c1-3-16-12-11(8(2)15-16)13-7-6-10(14-12)9-4-5-9/h9-10,13-14H,3-7H2,1-2H3. The molecule has 3 rings (SSSR count). The summed E-state index contributed by atoms with van der Waals surface area (Å²) in [6.07, 6.45) is 4.01. The highest BCUT2D eigenvalue weighted by atomic mass is 15.4. The van der Waals surface area contributed by atoms with Crippen LogP contribution in [-0.2, 0) is 6.54 Å². The van der Waals surface area contributed by atoms with Gasteiger partial charge in [0.2, 0.25) is 0 Å². The summed E-state index contributed by atoms with van der Waals surface area (Å²) in [5.74, 6) is 2.10. The number of aryl methyl sites for hydroxylation is 2. The Hall–Kier alpha value is -1.19. The molecule has 16 heavy (non-hydrogen) atoms. The van der Waals surface area contributed by atoms with Crippen molar-refractivity contribution in [1.82, 2.24) is 9.78 Å². The molecule has 0 radical (unpaired) electrons. The third-order valence-electron chi connectivity index (χ3n) is 3.70. The lowest BCUT2D eigenvalue weighted by Gasteiger charge is -2.16. The van der Waals surface area contributed by atoms with Gasteiger partial charge in [0.05, 0.1) is 5.69 Å². The number of hydrogen-bond donors (Lipinski definition) is 2. The summed E-state index contributed by atoms with van der Waals surface area (Å²) in [6, 6.07) is 0.648. The van der Waals surface area contributed by atoms with Crippen molar-refractivity contribution in [2.24, 2.45) is 5.92 Å². The molecular weight excluding hydrogens is 200 g/mol. The summed E-state index contributed by atoms with van der Waals surface area (Å²) in [7, 11) is 0. The Morgan fingerprint density at radius 1 is 1.38 bits per heavy atom. The summed E-state index contributed by atoms with van der Waals surface area (Å²) in [5.41, 5.74) is 2.32. The molecule has 0 bridgehead atoms. The first-order valence-corrected chi connectivity index (χ1v) is 6.37. The maximum Gasteiger partial charge on any atom is 0.148 e. The third-order valence-corrected chi connectivity index (χ3v) is 3.70. The molecular formula is C12H20N4. The van der Waals surface area contributed by atoms with Gasteiger partial charge in [0.1, 0.15) is 11.5 Å². The van der Waals surface area contributed by atoms with Crippen LogP contribution < -0.4 is 10.6 Å². The zero-order valence-corrected chi connectivity index (χ0v) is 10.1. The van der Waals surface area contributed by atoms with Crippen molar-refractivity contribution in [3.63, 3.8) is 0 Å². The minimum atomic E-state index is 0.648. The average molecular weight is 220 g/mol. The molecule has 1 unspecified atom stereocenters. The first-order chi connectivity index (χ1) is 7.79. The highest BCUT2D eigenvalue weighted by Crippen LogP contribution is 2.39. The quantitative estimate of drug-likeness (QED) is 0.803. The highest BCUT2D eigenvalue weighted by molar-refractivity contribution is 5.69. The Morgan fingerprint density at radius 3 is 2.88 bits per heavy atom. The molecule has 1 aromatic rings. The largest absolute Gasteiger partial charge is 0.380 e. The van der Waals surface area contributed by atoms with E-state index in [0.717, 1.165) is 24.7 Å². The molecule has 1 fully saturated rings. The molecule has 1 aromatic heterocycles. The van der Waals surface area contributed by atoms with Crippen LogP contribution in [0.2, 0.25) is 0 Å². The van der Waals surface area contributed by atoms with E-state index in [1.807, 2.05) is 0 Å². The molecule has 4 heteroatoms. The topological polar surface area (TPSA) is 41.9 Å². The lowest BCUT2D eigenvalue weighted by Crippen LogP contribution is -2.23. The number of aromatic nitrogens is 2.